The molecule has 0 spiro atoms. The van der Waals surface area contributed by atoms with E-state index in [1.54, 1.807) is 11.1 Å². The van der Waals surface area contributed by atoms with Crippen molar-refractivity contribution in [3.05, 3.63) is 64.7 Å². The summed E-state index contributed by atoms with van der Waals surface area (Å²) >= 11 is 0. The third kappa shape index (κ3) is 2.97. The molecule has 110 valence electrons. The molecule has 0 saturated carbocycles. The highest BCUT2D eigenvalue weighted by molar-refractivity contribution is 5.54. The van der Waals surface area contributed by atoms with Crippen LogP contribution in [0.4, 0.5) is 5.69 Å². The fourth-order valence-corrected chi connectivity index (χ4v) is 3.31. The van der Waals surface area contributed by atoms with Gasteiger partial charge in [0.1, 0.15) is 0 Å². The molecule has 2 aromatic rings. The van der Waals surface area contributed by atoms with Gasteiger partial charge in [0.05, 0.1) is 0 Å². The van der Waals surface area contributed by atoms with Crippen molar-refractivity contribution in [1.82, 2.24) is 0 Å². The monoisotopic (exact) mass is 279 g/mol. The lowest BCUT2D eigenvalue weighted by Gasteiger charge is -2.20. The normalized spacial score (nSPS) is 15.0. The van der Waals surface area contributed by atoms with Gasteiger partial charge in [-0.2, -0.15) is 0 Å². The van der Waals surface area contributed by atoms with E-state index in [2.05, 4.69) is 68.6 Å². The Hall–Kier alpha value is -1.76. The minimum absolute atomic E-state index is 0.343. The van der Waals surface area contributed by atoms with Crippen LogP contribution in [0, 0.1) is 0 Å². The molecule has 1 aliphatic carbocycles. The van der Waals surface area contributed by atoms with E-state index in [1.807, 2.05) is 0 Å². The molecular weight excluding hydrogens is 254 g/mol. The van der Waals surface area contributed by atoms with Gasteiger partial charge in [-0.15, -0.1) is 0 Å². The number of nitrogens with one attached hydrogen (secondary N) is 1. The molecule has 0 bridgehead atoms. The van der Waals surface area contributed by atoms with Crippen LogP contribution < -0.4 is 5.32 Å². The van der Waals surface area contributed by atoms with Gasteiger partial charge in [-0.05, 0) is 60.4 Å². The summed E-state index contributed by atoms with van der Waals surface area (Å²) < 4.78 is 0. The first-order chi connectivity index (χ1) is 10.1. The second-order valence-electron chi connectivity index (χ2n) is 6.49. The first-order valence-electron chi connectivity index (χ1n) is 8.12. The van der Waals surface area contributed by atoms with Crippen molar-refractivity contribution < 1.29 is 0 Å². The topological polar surface area (TPSA) is 12.0 Å². The van der Waals surface area contributed by atoms with Gasteiger partial charge >= 0.3 is 0 Å². The second-order valence-corrected chi connectivity index (χ2v) is 6.49. The minimum Gasteiger partial charge on any atom is -0.378 e. The number of anilines is 1. The molecule has 1 aliphatic rings. The lowest BCUT2D eigenvalue weighted by atomic mass is 9.99. The van der Waals surface area contributed by atoms with Crippen LogP contribution >= 0.6 is 0 Å². The number of para-hydroxylation sites is 1. The van der Waals surface area contributed by atoms with Crippen LogP contribution in [-0.4, -0.2) is 0 Å². The Morgan fingerprint density at radius 2 is 1.67 bits per heavy atom. The Morgan fingerprint density at radius 3 is 2.48 bits per heavy atom. The zero-order valence-electron chi connectivity index (χ0n) is 13.3. The van der Waals surface area contributed by atoms with E-state index >= 15 is 0 Å². The molecule has 21 heavy (non-hydrogen) atoms. The molecule has 0 aromatic heterocycles. The number of hydrogen-bond donors (Lipinski definition) is 1. The molecule has 1 unspecified atom stereocenters. The van der Waals surface area contributed by atoms with Gasteiger partial charge in [0.2, 0.25) is 0 Å². The Kier molecular flexibility index (Phi) is 4.01. The highest BCUT2D eigenvalue weighted by Gasteiger charge is 2.14. The third-order valence-electron chi connectivity index (χ3n) is 4.58. The van der Waals surface area contributed by atoms with Crippen molar-refractivity contribution in [1.29, 1.82) is 0 Å². The van der Waals surface area contributed by atoms with Crippen LogP contribution in [0.3, 0.4) is 0 Å². The van der Waals surface area contributed by atoms with Gasteiger partial charge in [0, 0.05) is 11.7 Å². The Morgan fingerprint density at radius 1 is 0.905 bits per heavy atom. The van der Waals surface area contributed by atoms with Crippen molar-refractivity contribution in [2.45, 2.75) is 52.0 Å². The van der Waals surface area contributed by atoms with E-state index in [4.69, 9.17) is 0 Å². The summed E-state index contributed by atoms with van der Waals surface area (Å²) in [6, 6.07) is 16.0. The summed E-state index contributed by atoms with van der Waals surface area (Å²) in [6.07, 6.45) is 3.82. The summed E-state index contributed by atoms with van der Waals surface area (Å²) in [7, 11) is 0. The standard InChI is InChI=1S/C20H25N/c1-14(2)19-9-4-5-10-20(19)21-15(3)17-12-11-16-7-6-8-18(16)13-17/h4-5,9-15,21H,6-8H2,1-3H3. The maximum absolute atomic E-state index is 3.70. The Bertz CT molecular complexity index is 627. The van der Waals surface area contributed by atoms with Gasteiger partial charge in [-0.3, -0.25) is 0 Å². The Balaban J connectivity index is 1.82. The average Bonchev–Trinajstić information content (AvgIpc) is 2.94. The van der Waals surface area contributed by atoms with Gasteiger partial charge in [-0.1, -0.05) is 50.2 Å². The molecule has 0 amide bonds. The predicted molar refractivity (Wildman–Crippen MR) is 91.0 cm³/mol. The average molecular weight is 279 g/mol. The first kappa shape index (κ1) is 14.2. The van der Waals surface area contributed by atoms with Crippen LogP contribution in [0.25, 0.3) is 0 Å². The van der Waals surface area contributed by atoms with Crippen LogP contribution in [-0.2, 0) is 12.8 Å². The van der Waals surface area contributed by atoms with Crippen LogP contribution in [0.5, 0.6) is 0 Å². The van der Waals surface area contributed by atoms with Crippen LogP contribution in [0.2, 0.25) is 0 Å². The summed E-state index contributed by atoms with van der Waals surface area (Å²) in [5.74, 6) is 0.543. The van der Waals surface area contributed by atoms with Crippen molar-refractivity contribution in [2.75, 3.05) is 5.32 Å². The van der Waals surface area contributed by atoms with Crippen LogP contribution in [0.1, 0.15) is 61.4 Å². The number of benzene rings is 2. The van der Waals surface area contributed by atoms with Gasteiger partial charge in [0.15, 0.2) is 0 Å². The van der Waals surface area contributed by atoms with E-state index in [0.29, 0.717) is 12.0 Å². The van der Waals surface area contributed by atoms with Crippen molar-refractivity contribution in [2.24, 2.45) is 0 Å². The third-order valence-corrected chi connectivity index (χ3v) is 4.58. The van der Waals surface area contributed by atoms with Crippen molar-refractivity contribution >= 4 is 5.69 Å². The maximum Gasteiger partial charge on any atom is 0.0485 e. The smallest absolute Gasteiger partial charge is 0.0485 e. The molecule has 0 aliphatic heterocycles. The second kappa shape index (κ2) is 5.93. The number of hydrogen-bond acceptors (Lipinski definition) is 1. The lowest BCUT2D eigenvalue weighted by molar-refractivity contribution is 0.840. The maximum atomic E-state index is 3.70. The highest BCUT2D eigenvalue weighted by atomic mass is 14.9. The number of fused-ring (bicyclic) bond motifs is 1. The van der Waals surface area contributed by atoms with Crippen molar-refractivity contribution in [3.63, 3.8) is 0 Å². The minimum atomic E-state index is 0.343. The molecule has 2 aromatic carbocycles. The fourth-order valence-electron chi connectivity index (χ4n) is 3.31. The Labute approximate surface area is 128 Å². The van der Waals surface area contributed by atoms with E-state index in [-0.39, 0.29) is 0 Å². The van der Waals surface area contributed by atoms with Crippen LogP contribution in [0.15, 0.2) is 42.5 Å². The molecule has 1 atom stereocenters. The molecule has 0 saturated heterocycles. The molecule has 3 rings (SSSR count). The van der Waals surface area contributed by atoms with E-state index < -0.39 is 0 Å². The molecule has 0 heterocycles. The molecule has 0 fully saturated rings. The zero-order chi connectivity index (χ0) is 14.8. The van der Waals surface area contributed by atoms with E-state index in [9.17, 15) is 0 Å². The number of rotatable bonds is 4. The predicted octanol–water partition coefficient (Wildman–Crippen LogP) is 5.47. The first-order valence-corrected chi connectivity index (χ1v) is 8.12. The summed E-state index contributed by atoms with van der Waals surface area (Å²) in [5.41, 5.74) is 7.16. The molecular formula is C20H25N. The summed E-state index contributed by atoms with van der Waals surface area (Å²) in [6.45, 7) is 6.76. The van der Waals surface area contributed by atoms with Gasteiger partial charge in [-0.25, -0.2) is 0 Å². The van der Waals surface area contributed by atoms with E-state index in [1.165, 1.54) is 36.1 Å². The lowest BCUT2D eigenvalue weighted by Crippen LogP contribution is -2.09. The SMILES string of the molecule is CC(C)c1ccccc1NC(C)c1ccc2c(c1)CCC2. The highest BCUT2D eigenvalue weighted by Crippen LogP contribution is 2.30. The molecule has 0 radical (unpaired) electrons. The van der Waals surface area contributed by atoms with Gasteiger partial charge < -0.3 is 5.32 Å². The van der Waals surface area contributed by atoms with Gasteiger partial charge in [0.25, 0.3) is 0 Å². The zero-order valence-corrected chi connectivity index (χ0v) is 13.3. The van der Waals surface area contributed by atoms with Crippen molar-refractivity contribution in [3.8, 4) is 0 Å². The number of aryl methyl sites for hydroxylation is 2. The fraction of sp³-hybridized carbons (Fsp3) is 0.400. The summed E-state index contributed by atoms with van der Waals surface area (Å²) in [4.78, 5) is 0. The molecule has 1 N–H and O–H groups in total. The summed E-state index contributed by atoms with van der Waals surface area (Å²) in [5, 5.41) is 3.70. The molecule has 1 heteroatoms. The molecule has 1 nitrogen and oxygen atoms in total. The largest absolute Gasteiger partial charge is 0.378 e. The van der Waals surface area contributed by atoms with E-state index in [0.717, 1.165) is 0 Å². The quantitative estimate of drug-likeness (QED) is 0.782.